The molecule has 4 bridgehead atoms. The summed E-state index contributed by atoms with van der Waals surface area (Å²) in [5.74, 6) is 7.19. The summed E-state index contributed by atoms with van der Waals surface area (Å²) in [6.07, 6.45) is 7.92. The van der Waals surface area contributed by atoms with E-state index in [1.807, 2.05) is 21.6 Å². The summed E-state index contributed by atoms with van der Waals surface area (Å²) in [5.41, 5.74) is 2.99. The van der Waals surface area contributed by atoms with Gasteiger partial charge in [0.25, 0.3) is 0 Å². The molecule has 12 heteroatoms. The summed E-state index contributed by atoms with van der Waals surface area (Å²) in [4.78, 5) is 11.1. The topological polar surface area (TPSA) is 37.0 Å². The van der Waals surface area contributed by atoms with Crippen LogP contribution in [0.15, 0.2) is 48.5 Å². The van der Waals surface area contributed by atoms with Crippen LogP contribution in [0.4, 0.5) is 0 Å². The molecule has 5 aliphatic heterocycles. The molecule has 6 nitrogen and oxygen atoms in total. The third-order valence-corrected chi connectivity index (χ3v) is 18.8. The molecule has 5 heterocycles. The first-order valence-electron chi connectivity index (χ1n) is 20.7. The van der Waals surface area contributed by atoms with Gasteiger partial charge in [0.15, 0.2) is 0 Å². The van der Waals surface area contributed by atoms with E-state index in [1.54, 1.807) is 0 Å². The molecule has 5 fully saturated rings. The number of benzene rings is 2. The van der Waals surface area contributed by atoms with Crippen molar-refractivity contribution in [3.05, 3.63) is 69.7 Å². The zero-order valence-electron chi connectivity index (χ0n) is 32.6. The van der Waals surface area contributed by atoms with E-state index in [9.17, 15) is 0 Å². The molecule has 2 aromatic carbocycles. The number of nitrogens with one attached hydrogen (secondary N) is 2. The summed E-state index contributed by atoms with van der Waals surface area (Å²) in [6, 6.07) is 20.5. The van der Waals surface area contributed by atoms with Crippen LogP contribution in [0.3, 0.4) is 0 Å². The Bertz CT molecular complexity index is 1300. The molecule has 8 atom stereocenters. The Labute approximate surface area is 352 Å². The van der Waals surface area contributed by atoms with E-state index in [0.717, 1.165) is 86.0 Å². The number of piperidine rings is 2. The van der Waals surface area contributed by atoms with Crippen LogP contribution in [-0.4, -0.2) is 146 Å². The lowest BCUT2D eigenvalue weighted by molar-refractivity contribution is 0.0727. The predicted octanol–water partition coefficient (Wildman–Crippen LogP) is 8.39. The highest BCUT2D eigenvalue weighted by Crippen LogP contribution is 2.48. The van der Waals surface area contributed by atoms with E-state index >= 15 is 0 Å². The number of hydrogen-bond acceptors (Lipinski definition) is 10. The molecule has 0 aromatic heterocycles. The van der Waals surface area contributed by atoms with E-state index in [1.165, 1.54) is 74.2 Å². The summed E-state index contributed by atoms with van der Waals surface area (Å²) >= 11 is 12.7. The highest BCUT2D eigenvalue weighted by atomic mass is 35.5. The Morgan fingerprint density at radius 3 is 1.37 bits per heavy atom. The molecule has 0 radical (unpaired) electrons. The van der Waals surface area contributed by atoms with E-state index in [-0.39, 0.29) is 0 Å². The van der Waals surface area contributed by atoms with Crippen LogP contribution < -0.4 is 10.6 Å². The van der Waals surface area contributed by atoms with Crippen LogP contribution in [0.1, 0.15) is 61.5 Å². The van der Waals surface area contributed by atoms with Gasteiger partial charge in [-0.15, -0.1) is 0 Å². The maximum absolute atomic E-state index is 6.36. The number of hydrogen-bond donors (Lipinski definition) is 2. The minimum absolute atomic E-state index is 0.610. The zero-order chi connectivity index (χ0) is 37.3. The van der Waals surface area contributed by atoms with Gasteiger partial charge in [0.1, 0.15) is 0 Å². The lowest BCUT2D eigenvalue weighted by Gasteiger charge is -2.45. The number of fused-ring (bicyclic) bond motifs is 4. The van der Waals surface area contributed by atoms with Gasteiger partial charge in [0.2, 0.25) is 0 Å². The van der Waals surface area contributed by atoms with Crippen molar-refractivity contribution >= 4 is 66.4 Å². The Kier molecular flexibility index (Phi) is 16.8. The first kappa shape index (κ1) is 42.3. The molecule has 54 heavy (non-hydrogen) atoms. The van der Waals surface area contributed by atoms with E-state index in [0.29, 0.717) is 35.8 Å². The maximum atomic E-state index is 6.36. The van der Waals surface area contributed by atoms with Crippen molar-refractivity contribution in [1.29, 1.82) is 0 Å². The van der Waals surface area contributed by atoms with Crippen LogP contribution in [0.25, 0.3) is 0 Å². The van der Waals surface area contributed by atoms with Crippen molar-refractivity contribution in [1.82, 2.24) is 30.2 Å². The maximum Gasteiger partial charge on any atom is 0.0406 e. The minimum Gasteiger partial charge on any atom is -0.315 e. The van der Waals surface area contributed by atoms with E-state index in [2.05, 4.69) is 114 Å². The van der Waals surface area contributed by atoms with Gasteiger partial charge in [-0.05, 0) is 112 Å². The third-order valence-electron chi connectivity index (χ3n) is 13.5. The van der Waals surface area contributed by atoms with Crippen molar-refractivity contribution in [3.63, 3.8) is 0 Å². The molecule has 0 aliphatic carbocycles. The lowest BCUT2D eigenvalue weighted by atomic mass is 9.76. The molecule has 5 saturated heterocycles. The van der Waals surface area contributed by atoms with Crippen molar-refractivity contribution < 1.29 is 0 Å². The average molecular weight is 852 g/mol. The summed E-state index contributed by atoms with van der Waals surface area (Å²) in [7, 11) is 13.0. The standard InChI is InChI=1S/C42H64Cl2N6S4/c1-47-35-11-13-41(47)39(37(27-35)31-3-7-33(43)8-4-31)29-49-19-15-45-17-23-51-52-24-18-46-16-20-50(22-26-54-53-25-21-49)30-40-38(32-5-9-34(44)10-6-32)28-36-12-14-42(40)48(36)2/h3-10,35-42,45-46H,11-30H2,1-2H3. The molecule has 300 valence electrons. The largest absolute Gasteiger partial charge is 0.315 e. The van der Waals surface area contributed by atoms with E-state index < -0.39 is 0 Å². The second kappa shape index (κ2) is 21.4. The molecule has 7 rings (SSSR count). The highest BCUT2D eigenvalue weighted by Gasteiger charge is 2.47. The SMILES string of the molecule is CN1C2CCC1C(CN1CCNCCSSCCNCCN(CC3C(c4ccc(Cl)cc4)CC4CCC3N4C)CCSSCC1)C(c1ccc(Cl)cc1)C2. The van der Waals surface area contributed by atoms with Crippen LogP contribution >= 0.6 is 66.4 Å². The van der Waals surface area contributed by atoms with Crippen LogP contribution in [0.5, 0.6) is 0 Å². The molecule has 5 aliphatic rings. The molecular weight excluding hydrogens is 788 g/mol. The zero-order valence-corrected chi connectivity index (χ0v) is 37.3. The predicted molar refractivity (Wildman–Crippen MR) is 242 cm³/mol. The fourth-order valence-electron chi connectivity index (χ4n) is 10.5. The average Bonchev–Trinajstić information content (AvgIpc) is 3.56. The minimum atomic E-state index is 0.610. The Balaban J connectivity index is 0.984. The Hall–Kier alpha value is 0.180. The molecule has 2 aromatic rings. The molecule has 8 unspecified atom stereocenters. The molecule has 0 saturated carbocycles. The third kappa shape index (κ3) is 11.3. The van der Waals surface area contributed by atoms with Gasteiger partial charge in [-0.3, -0.25) is 0 Å². The quantitative estimate of drug-likeness (QED) is 0.277. The first-order chi connectivity index (χ1) is 26.4. The summed E-state index contributed by atoms with van der Waals surface area (Å²) in [6.45, 7) is 11.2. The Morgan fingerprint density at radius 2 is 0.944 bits per heavy atom. The Morgan fingerprint density at radius 1 is 0.537 bits per heavy atom. The van der Waals surface area contributed by atoms with Gasteiger partial charge in [-0.25, -0.2) is 0 Å². The fraction of sp³-hybridized carbons (Fsp3) is 0.714. The number of rotatable bonds is 6. The number of nitrogens with zero attached hydrogens (tertiary/aromatic N) is 4. The van der Waals surface area contributed by atoms with Crippen LogP contribution in [0, 0.1) is 11.8 Å². The second-order valence-corrected chi connectivity index (χ2v) is 22.7. The van der Waals surface area contributed by atoms with E-state index in [4.69, 9.17) is 23.2 Å². The second-order valence-electron chi connectivity index (χ2n) is 16.4. The van der Waals surface area contributed by atoms with Crippen molar-refractivity contribution in [2.75, 3.05) is 103 Å². The summed E-state index contributed by atoms with van der Waals surface area (Å²) < 4.78 is 0. The smallest absolute Gasteiger partial charge is 0.0406 e. The first-order valence-corrected chi connectivity index (χ1v) is 26.5. The monoisotopic (exact) mass is 850 g/mol. The van der Waals surface area contributed by atoms with Gasteiger partial charge in [-0.2, -0.15) is 0 Å². The summed E-state index contributed by atoms with van der Waals surface area (Å²) in [5, 5.41) is 9.27. The van der Waals surface area contributed by atoms with Crippen molar-refractivity contribution in [2.45, 2.75) is 74.5 Å². The van der Waals surface area contributed by atoms with Gasteiger partial charge in [0, 0.05) is 123 Å². The normalized spacial score (nSPS) is 33.9. The van der Waals surface area contributed by atoms with Gasteiger partial charge < -0.3 is 30.2 Å². The van der Waals surface area contributed by atoms with Gasteiger partial charge >= 0.3 is 0 Å². The number of halogens is 2. The molecule has 0 amide bonds. The van der Waals surface area contributed by atoms with Crippen LogP contribution in [-0.2, 0) is 0 Å². The van der Waals surface area contributed by atoms with Crippen molar-refractivity contribution in [3.8, 4) is 0 Å². The molecular formula is C42H64Cl2N6S4. The van der Waals surface area contributed by atoms with Gasteiger partial charge in [0.05, 0.1) is 0 Å². The molecule has 2 N–H and O–H groups in total. The van der Waals surface area contributed by atoms with Crippen LogP contribution in [0.2, 0.25) is 10.0 Å². The fourth-order valence-corrected chi connectivity index (χ4v) is 14.8. The van der Waals surface area contributed by atoms with Crippen molar-refractivity contribution in [2.24, 2.45) is 11.8 Å². The highest BCUT2D eigenvalue weighted by molar-refractivity contribution is 8.77. The molecule has 0 spiro atoms. The van der Waals surface area contributed by atoms with Gasteiger partial charge in [-0.1, -0.05) is 90.6 Å². The lowest BCUT2D eigenvalue weighted by Crippen LogP contribution is -2.50.